The largest absolute Gasteiger partial charge is 0.316 e. The van der Waals surface area contributed by atoms with Gasteiger partial charge in [0.05, 0.1) is 6.54 Å². The zero-order valence-corrected chi connectivity index (χ0v) is 3.06. The first kappa shape index (κ1) is 4.96. The van der Waals surface area contributed by atoms with Gasteiger partial charge < -0.3 is 5.32 Å². The highest BCUT2D eigenvalue weighted by Crippen LogP contribution is 1.38. The Kier molecular flexibility index (Phi) is 3.27. The number of nitriles is 1. The lowest BCUT2D eigenvalue weighted by Gasteiger charge is -1.73. The van der Waals surface area contributed by atoms with Crippen molar-refractivity contribution in [2.45, 2.75) is 0 Å². The van der Waals surface area contributed by atoms with Crippen molar-refractivity contribution in [3.8, 4) is 6.19 Å². The second-order valence-electron chi connectivity index (χ2n) is 0.610. The normalized spacial score (nSPS) is 5.83. The van der Waals surface area contributed by atoms with Crippen LogP contribution in [0.2, 0.25) is 0 Å². The van der Waals surface area contributed by atoms with Gasteiger partial charge in [0.25, 0.3) is 0 Å². The van der Waals surface area contributed by atoms with Crippen LogP contribution in [0.3, 0.4) is 0 Å². The number of rotatable bonds is 2. The van der Waals surface area contributed by atoms with E-state index < -0.39 is 0 Å². The molecular weight excluding hydrogens is 80.0 g/mol. The van der Waals surface area contributed by atoms with Crippen LogP contribution >= 0.6 is 0 Å². The topological polar surface area (TPSA) is 52.9 Å². The molecule has 0 saturated carbocycles. The Hall–Kier alpha value is -1.04. The SMILES string of the molecule is N#CNC[C]=O. The molecule has 0 aliphatic carbocycles. The van der Waals surface area contributed by atoms with Crippen LogP contribution in [-0.4, -0.2) is 12.8 Å². The van der Waals surface area contributed by atoms with E-state index in [9.17, 15) is 4.79 Å². The molecule has 0 heterocycles. The van der Waals surface area contributed by atoms with Crippen LogP contribution in [0.5, 0.6) is 0 Å². The smallest absolute Gasteiger partial charge is 0.220 e. The summed E-state index contributed by atoms with van der Waals surface area (Å²) in [5.74, 6) is 0. The van der Waals surface area contributed by atoms with Crippen LogP contribution in [0.4, 0.5) is 0 Å². The van der Waals surface area contributed by atoms with Gasteiger partial charge in [-0.25, -0.2) is 0 Å². The van der Waals surface area contributed by atoms with Gasteiger partial charge >= 0.3 is 0 Å². The van der Waals surface area contributed by atoms with Crippen molar-refractivity contribution in [2.75, 3.05) is 6.54 Å². The van der Waals surface area contributed by atoms with Crippen LogP contribution in [0.1, 0.15) is 0 Å². The third-order valence-electron chi connectivity index (χ3n) is 0.240. The number of carbonyl (C=O) groups excluding carboxylic acids is 1. The number of nitrogens with one attached hydrogen (secondary N) is 1. The molecule has 0 amide bonds. The van der Waals surface area contributed by atoms with Crippen molar-refractivity contribution < 1.29 is 4.79 Å². The molecule has 0 atom stereocenters. The van der Waals surface area contributed by atoms with E-state index >= 15 is 0 Å². The maximum Gasteiger partial charge on any atom is 0.220 e. The fourth-order valence-electron chi connectivity index (χ4n) is 0.0756. The Morgan fingerprint density at radius 2 is 2.50 bits per heavy atom. The summed E-state index contributed by atoms with van der Waals surface area (Å²) in [6.07, 6.45) is 3.04. The minimum atomic E-state index is -0.00347. The Morgan fingerprint density at radius 1 is 1.83 bits per heavy atom. The van der Waals surface area contributed by atoms with Gasteiger partial charge in [-0.3, -0.25) is 4.79 Å². The molecule has 0 spiro atoms. The molecule has 0 aliphatic rings. The summed E-state index contributed by atoms with van der Waals surface area (Å²) in [6, 6.07) is 0. The molecule has 0 aromatic rings. The van der Waals surface area contributed by atoms with Crippen LogP contribution < -0.4 is 5.32 Å². The molecule has 0 saturated heterocycles. The maximum atomic E-state index is 9.23. The highest BCUT2D eigenvalue weighted by atomic mass is 16.1. The molecule has 3 heteroatoms. The minimum Gasteiger partial charge on any atom is -0.316 e. The molecule has 1 N–H and O–H groups in total. The van der Waals surface area contributed by atoms with Crippen LogP contribution in [0.15, 0.2) is 0 Å². The monoisotopic (exact) mass is 83.0 g/mol. The summed E-state index contributed by atoms with van der Waals surface area (Å²) >= 11 is 0. The summed E-state index contributed by atoms with van der Waals surface area (Å²) in [4.78, 5) is 9.23. The molecule has 0 bridgehead atoms. The molecule has 0 rings (SSSR count). The maximum absolute atomic E-state index is 9.23. The highest BCUT2D eigenvalue weighted by molar-refractivity contribution is 5.53. The lowest BCUT2D eigenvalue weighted by Crippen LogP contribution is -2.06. The van der Waals surface area contributed by atoms with Gasteiger partial charge in [-0.05, 0) is 0 Å². The number of hydrogen-bond donors (Lipinski definition) is 1. The highest BCUT2D eigenvalue weighted by Gasteiger charge is 1.70. The lowest BCUT2D eigenvalue weighted by molar-refractivity contribution is 0.553. The summed E-state index contributed by atoms with van der Waals surface area (Å²) in [5.41, 5.74) is 0. The van der Waals surface area contributed by atoms with Crippen molar-refractivity contribution in [2.24, 2.45) is 0 Å². The van der Waals surface area contributed by atoms with E-state index in [1.807, 2.05) is 0 Å². The van der Waals surface area contributed by atoms with E-state index in [-0.39, 0.29) is 6.54 Å². The zero-order valence-electron chi connectivity index (χ0n) is 3.06. The fraction of sp³-hybridized carbons (Fsp3) is 0.333. The molecule has 0 aromatic heterocycles. The molecule has 0 unspecified atom stereocenters. The average Bonchev–Trinajstić information content (AvgIpc) is 1.61. The summed E-state index contributed by atoms with van der Waals surface area (Å²) in [5, 5.41) is 9.74. The number of hydrogen-bond acceptors (Lipinski definition) is 3. The van der Waals surface area contributed by atoms with Gasteiger partial charge in [-0.15, -0.1) is 0 Å². The second-order valence-corrected chi connectivity index (χ2v) is 0.610. The van der Waals surface area contributed by atoms with E-state index in [0.717, 1.165) is 0 Å². The fourth-order valence-corrected chi connectivity index (χ4v) is 0.0756. The molecule has 0 fully saturated rings. The third kappa shape index (κ3) is 2.96. The van der Waals surface area contributed by atoms with Crippen LogP contribution in [0, 0.1) is 11.5 Å². The quantitative estimate of drug-likeness (QED) is 0.269. The van der Waals surface area contributed by atoms with Gasteiger partial charge in [0.1, 0.15) is 0 Å². The Bertz CT molecular complexity index is 73.4. The summed E-state index contributed by atoms with van der Waals surface area (Å²) in [7, 11) is 0. The van der Waals surface area contributed by atoms with E-state index in [0.29, 0.717) is 0 Å². The van der Waals surface area contributed by atoms with Gasteiger partial charge in [-0.1, -0.05) is 0 Å². The van der Waals surface area contributed by atoms with E-state index in [4.69, 9.17) is 5.26 Å². The van der Waals surface area contributed by atoms with Gasteiger partial charge in [0, 0.05) is 0 Å². The van der Waals surface area contributed by atoms with Crippen molar-refractivity contribution in [3.05, 3.63) is 0 Å². The predicted molar refractivity (Wildman–Crippen MR) is 19.3 cm³/mol. The Labute approximate surface area is 35.6 Å². The first-order chi connectivity index (χ1) is 2.91. The molecule has 0 aliphatic heterocycles. The van der Waals surface area contributed by atoms with E-state index in [2.05, 4.69) is 5.32 Å². The van der Waals surface area contributed by atoms with Gasteiger partial charge in [0.15, 0.2) is 6.19 Å². The van der Waals surface area contributed by atoms with Crippen LogP contribution in [0.25, 0.3) is 0 Å². The van der Waals surface area contributed by atoms with Crippen molar-refractivity contribution in [3.63, 3.8) is 0 Å². The van der Waals surface area contributed by atoms with Crippen molar-refractivity contribution in [1.82, 2.24) is 5.32 Å². The molecule has 31 valence electrons. The van der Waals surface area contributed by atoms with E-state index in [1.54, 1.807) is 6.19 Å². The van der Waals surface area contributed by atoms with Crippen LogP contribution in [-0.2, 0) is 4.79 Å². The lowest BCUT2D eigenvalue weighted by atomic mass is 10.7. The second kappa shape index (κ2) is 3.96. The molecular formula is C3H3N2O. The third-order valence-corrected chi connectivity index (χ3v) is 0.240. The Morgan fingerprint density at radius 3 is 2.67 bits per heavy atom. The zero-order chi connectivity index (χ0) is 4.83. The standard InChI is InChI=1S/C3H3N2O/c4-3-5-1-2-6/h5H,1H2. The van der Waals surface area contributed by atoms with Crippen molar-refractivity contribution in [1.29, 1.82) is 5.26 Å². The minimum absolute atomic E-state index is 0.00347. The first-order valence-electron chi connectivity index (χ1n) is 1.38. The first-order valence-corrected chi connectivity index (χ1v) is 1.38. The summed E-state index contributed by atoms with van der Waals surface area (Å²) < 4.78 is 0. The summed E-state index contributed by atoms with van der Waals surface area (Å²) in [6.45, 7) is -0.00347. The van der Waals surface area contributed by atoms with E-state index in [1.165, 1.54) is 6.29 Å². The molecule has 3 nitrogen and oxygen atoms in total. The predicted octanol–water partition coefficient (Wildman–Crippen LogP) is -0.833. The number of nitrogens with zero attached hydrogens (tertiary/aromatic N) is 1. The molecule has 1 radical (unpaired) electrons. The van der Waals surface area contributed by atoms with Gasteiger partial charge in [-0.2, -0.15) is 5.26 Å². The van der Waals surface area contributed by atoms with Crippen molar-refractivity contribution >= 4 is 6.29 Å². The molecule has 0 aromatic carbocycles. The average molecular weight is 83.1 g/mol. The Balaban J connectivity index is 2.72. The van der Waals surface area contributed by atoms with Gasteiger partial charge in [0.2, 0.25) is 6.29 Å². The molecule has 6 heavy (non-hydrogen) atoms.